The number of nitrogens with two attached hydrogens (primary N) is 2. The summed E-state index contributed by atoms with van der Waals surface area (Å²) in [6, 6.07) is 5.68. The minimum absolute atomic E-state index is 0.279. The maximum Gasteiger partial charge on any atom is 0.250 e. The minimum atomic E-state index is -0.497. The van der Waals surface area contributed by atoms with Crippen LogP contribution < -0.4 is 16.4 Å². The fraction of sp³-hybridized carbons (Fsp3) is 0.500. The molecule has 1 heterocycles. The molecule has 0 bridgehead atoms. The highest BCUT2D eigenvalue weighted by molar-refractivity contribution is 6.34. The number of benzene rings is 1. The number of carbonyl (C=O) groups excluding carboxylic acids is 1. The van der Waals surface area contributed by atoms with E-state index in [0.717, 1.165) is 31.6 Å². The van der Waals surface area contributed by atoms with E-state index >= 15 is 0 Å². The molecule has 4 nitrogen and oxygen atoms in total. The molecule has 1 amide bonds. The highest BCUT2D eigenvalue weighted by atomic mass is 35.5. The predicted molar refractivity (Wildman–Crippen MR) is 78.6 cm³/mol. The number of hydrogen-bond donors (Lipinski definition) is 2. The molecule has 1 aliphatic rings. The van der Waals surface area contributed by atoms with Crippen LogP contribution in [0.5, 0.6) is 0 Å². The molecule has 0 radical (unpaired) electrons. The number of hydrogen-bond acceptors (Lipinski definition) is 3. The Morgan fingerprint density at radius 3 is 2.84 bits per heavy atom. The summed E-state index contributed by atoms with van der Waals surface area (Å²) < 4.78 is 0. The van der Waals surface area contributed by atoms with Crippen LogP contribution in [0.25, 0.3) is 0 Å². The van der Waals surface area contributed by atoms with Crippen molar-refractivity contribution in [2.24, 2.45) is 17.4 Å². The van der Waals surface area contributed by atoms with Gasteiger partial charge in [-0.05, 0) is 30.5 Å². The van der Waals surface area contributed by atoms with E-state index in [2.05, 4.69) is 11.8 Å². The molecule has 0 aromatic heterocycles. The molecule has 2 rings (SSSR count). The van der Waals surface area contributed by atoms with Gasteiger partial charge in [-0.2, -0.15) is 0 Å². The van der Waals surface area contributed by atoms with Gasteiger partial charge in [-0.3, -0.25) is 4.79 Å². The molecular formula is C14H20ClN3O. The third kappa shape index (κ3) is 3.01. The number of primary amides is 1. The lowest BCUT2D eigenvalue weighted by atomic mass is 9.90. The van der Waals surface area contributed by atoms with Crippen LogP contribution in [0, 0.1) is 5.92 Å². The van der Waals surface area contributed by atoms with Gasteiger partial charge in [-0.15, -0.1) is 0 Å². The van der Waals surface area contributed by atoms with Crippen molar-refractivity contribution in [2.75, 3.05) is 18.0 Å². The van der Waals surface area contributed by atoms with Gasteiger partial charge in [0.25, 0.3) is 0 Å². The third-order valence-corrected chi connectivity index (χ3v) is 4.21. The molecule has 1 aromatic rings. The second-order valence-corrected chi connectivity index (χ2v) is 5.50. The van der Waals surface area contributed by atoms with Crippen LogP contribution in [-0.4, -0.2) is 25.0 Å². The fourth-order valence-corrected chi connectivity index (χ4v) is 2.89. The fourth-order valence-electron chi connectivity index (χ4n) is 2.62. The van der Waals surface area contributed by atoms with E-state index in [9.17, 15) is 4.79 Å². The van der Waals surface area contributed by atoms with Crippen molar-refractivity contribution < 1.29 is 4.79 Å². The van der Waals surface area contributed by atoms with Gasteiger partial charge in [-0.25, -0.2) is 0 Å². The average Bonchev–Trinajstić information content (AvgIpc) is 2.38. The molecule has 19 heavy (non-hydrogen) atoms. The van der Waals surface area contributed by atoms with Crippen molar-refractivity contribution in [1.29, 1.82) is 0 Å². The van der Waals surface area contributed by atoms with E-state index in [4.69, 9.17) is 23.1 Å². The first-order chi connectivity index (χ1) is 9.02. The molecule has 2 atom stereocenters. The summed E-state index contributed by atoms with van der Waals surface area (Å²) in [4.78, 5) is 13.4. The Morgan fingerprint density at radius 1 is 1.53 bits per heavy atom. The van der Waals surface area contributed by atoms with Crippen LogP contribution in [-0.2, 0) is 0 Å². The summed E-state index contributed by atoms with van der Waals surface area (Å²) in [5.74, 6) is 0.00648. The highest BCUT2D eigenvalue weighted by Crippen LogP contribution is 2.28. The summed E-state index contributed by atoms with van der Waals surface area (Å²) >= 11 is 6.09. The topological polar surface area (TPSA) is 72.3 Å². The standard InChI is InChI=1S/C14H20ClN3O/c1-2-9-8-18(6-5-13(9)16)10-3-4-11(14(17)19)12(15)7-10/h3-4,7,9,13H,2,5-6,8,16H2,1H3,(H2,17,19). The molecular weight excluding hydrogens is 262 g/mol. The van der Waals surface area contributed by atoms with E-state index in [1.807, 2.05) is 12.1 Å². The molecule has 5 heteroatoms. The van der Waals surface area contributed by atoms with E-state index in [1.54, 1.807) is 6.07 Å². The quantitative estimate of drug-likeness (QED) is 0.890. The number of nitrogens with zero attached hydrogens (tertiary/aromatic N) is 1. The maximum atomic E-state index is 11.2. The average molecular weight is 282 g/mol. The van der Waals surface area contributed by atoms with Gasteiger partial charge in [0.05, 0.1) is 10.6 Å². The maximum absolute atomic E-state index is 11.2. The zero-order valence-corrected chi connectivity index (χ0v) is 11.9. The first kappa shape index (κ1) is 14.2. The molecule has 0 aliphatic carbocycles. The van der Waals surface area contributed by atoms with Gasteiger partial charge >= 0.3 is 0 Å². The molecule has 0 spiro atoms. The summed E-state index contributed by atoms with van der Waals surface area (Å²) in [5.41, 5.74) is 12.8. The minimum Gasteiger partial charge on any atom is -0.371 e. The van der Waals surface area contributed by atoms with Crippen LogP contribution in [0.2, 0.25) is 5.02 Å². The van der Waals surface area contributed by atoms with Crippen molar-refractivity contribution in [3.8, 4) is 0 Å². The van der Waals surface area contributed by atoms with Gasteiger partial charge in [-0.1, -0.05) is 24.9 Å². The Hall–Kier alpha value is -1.26. The zero-order chi connectivity index (χ0) is 14.0. The molecule has 1 fully saturated rings. The van der Waals surface area contributed by atoms with Crippen molar-refractivity contribution in [3.63, 3.8) is 0 Å². The molecule has 0 saturated carbocycles. The Kier molecular flexibility index (Phi) is 4.32. The number of piperidine rings is 1. The first-order valence-electron chi connectivity index (χ1n) is 6.62. The van der Waals surface area contributed by atoms with Gasteiger partial charge in [0.2, 0.25) is 5.91 Å². The van der Waals surface area contributed by atoms with Crippen LogP contribution in [0.3, 0.4) is 0 Å². The number of rotatable bonds is 3. The van der Waals surface area contributed by atoms with Crippen molar-refractivity contribution in [3.05, 3.63) is 28.8 Å². The molecule has 1 aliphatic heterocycles. The number of anilines is 1. The summed E-state index contributed by atoms with van der Waals surface area (Å²) in [5, 5.41) is 0.410. The lowest BCUT2D eigenvalue weighted by molar-refractivity contribution is 0.100. The van der Waals surface area contributed by atoms with Gasteiger partial charge < -0.3 is 16.4 Å². The number of halogens is 1. The van der Waals surface area contributed by atoms with Crippen LogP contribution in [0.1, 0.15) is 30.1 Å². The second-order valence-electron chi connectivity index (χ2n) is 5.10. The monoisotopic (exact) mass is 281 g/mol. The van der Waals surface area contributed by atoms with Crippen molar-refractivity contribution >= 4 is 23.2 Å². The Bertz CT molecular complexity index is 478. The van der Waals surface area contributed by atoms with Crippen molar-refractivity contribution in [1.82, 2.24) is 0 Å². The van der Waals surface area contributed by atoms with Crippen LogP contribution in [0.4, 0.5) is 5.69 Å². The lowest BCUT2D eigenvalue weighted by Crippen LogP contribution is -2.47. The van der Waals surface area contributed by atoms with Gasteiger partial charge in [0.1, 0.15) is 0 Å². The molecule has 4 N–H and O–H groups in total. The van der Waals surface area contributed by atoms with Crippen LogP contribution in [0.15, 0.2) is 18.2 Å². The summed E-state index contributed by atoms with van der Waals surface area (Å²) in [7, 11) is 0. The summed E-state index contributed by atoms with van der Waals surface area (Å²) in [6.45, 7) is 4.02. The van der Waals surface area contributed by atoms with Crippen molar-refractivity contribution in [2.45, 2.75) is 25.8 Å². The Morgan fingerprint density at radius 2 is 2.26 bits per heavy atom. The highest BCUT2D eigenvalue weighted by Gasteiger charge is 2.25. The van der Waals surface area contributed by atoms with E-state index in [-0.39, 0.29) is 6.04 Å². The smallest absolute Gasteiger partial charge is 0.250 e. The zero-order valence-electron chi connectivity index (χ0n) is 11.1. The number of carbonyl (C=O) groups is 1. The van der Waals surface area contributed by atoms with E-state index in [0.29, 0.717) is 16.5 Å². The SMILES string of the molecule is CCC1CN(c2ccc(C(N)=O)c(Cl)c2)CCC1N. The normalized spacial score (nSPS) is 23.4. The largest absolute Gasteiger partial charge is 0.371 e. The summed E-state index contributed by atoms with van der Waals surface area (Å²) in [6.07, 6.45) is 2.05. The number of amides is 1. The van der Waals surface area contributed by atoms with E-state index < -0.39 is 5.91 Å². The Balaban J connectivity index is 2.18. The first-order valence-corrected chi connectivity index (χ1v) is 7.00. The van der Waals surface area contributed by atoms with Crippen LogP contribution >= 0.6 is 11.6 Å². The molecule has 104 valence electrons. The van der Waals surface area contributed by atoms with Gasteiger partial charge in [0, 0.05) is 24.8 Å². The second kappa shape index (κ2) is 5.80. The molecule has 1 aromatic carbocycles. The molecule has 2 unspecified atom stereocenters. The lowest BCUT2D eigenvalue weighted by Gasteiger charge is -2.38. The molecule has 1 saturated heterocycles. The Labute approximate surface area is 118 Å². The van der Waals surface area contributed by atoms with E-state index in [1.165, 1.54) is 0 Å². The van der Waals surface area contributed by atoms with Gasteiger partial charge in [0.15, 0.2) is 0 Å². The predicted octanol–water partition coefficient (Wildman–Crippen LogP) is 2.00. The third-order valence-electron chi connectivity index (χ3n) is 3.90.